The minimum atomic E-state index is 0.894. The molecule has 1 aromatic carbocycles. The van der Waals surface area contributed by atoms with Crippen LogP contribution in [0.15, 0.2) is 46.7 Å². The molecule has 0 amide bonds. The Kier molecular flexibility index (Phi) is 4.73. The van der Waals surface area contributed by atoms with Gasteiger partial charge in [-0.2, -0.15) is 0 Å². The zero-order valence-electron chi connectivity index (χ0n) is 10.7. The standard InChI is InChI=1S/C14H17N3S/c1-3-15-9-12-8-11(2)4-5-13(12)18-14-6-7-16-10-17-14/h4-8,10,15H,3,9H2,1-2H3. The SMILES string of the molecule is CCNCc1cc(C)ccc1Sc1ccncn1. The molecule has 0 fully saturated rings. The summed E-state index contributed by atoms with van der Waals surface area (Å²) >= 11 is 1.68. The normalized spacial score (nSPS) is 10.6. The molecule has 0 bridgehead atoms. The lowest BCUT2D eigenvalue weighted by atomic mass is 10.1. The van der Waals surface area contributed by atoms with E-state index in [1.807, 2.05) is 6.07 Å². The van der Waals surface area contributed by atoms with Crippen molar-refractivity contribution in [1.82, 2.24) is 15.3 Å². The number of nitrogens with zero attached hydrogens (tertiary/aromatic N) is 2. The van der Waals surface area contributed by atoms with Crippen LogP contribution in [0.5, 0.6) is 0 Å². The van der Waals surface area contributed by atoms with Crippen LogP contribution in [0.4, 0.5) is 0 Å². The first-order chi connectivity index (χ1) is 8.79. The average Bonchev–Trinajstić information content (AvgIpc) is 2.40. The first-order valence-corrected chi connectivity index (χ1v) is 6.85. The van der Waals surface area contributed by atoms with E-state index in [-0.39, 0.29) is 0 Å². The molecule has 0 aliphatic carbocycles. The molecule has 2 rings (SSSR count). The van der Waals surface area contributed by atoms with Crippen LogP contribution in [0.1, 0.15) is 18.1 Å². The molecular formula is C14H17N3S. The highest BCUT2D eigenvalue weighted by Gasteiger charge is 2.05. The maximum absolute atomic E-state index is 4.25. The molecule has 0 radical (unpaired) electrons. The number of rotatable bonds is 5. The molecule has 0 saturated carbocycles. The van der Waals surface area contributed by atoms with Crippen LogP contribution in [0, 0.1) is 6.92 Å². The fourth-order valence-corrected chi connectivity index (χ4v) is 2.51. The lowest BCUT2D eigenvalue weighted by molar-refractivity contribution is 0.717. The first kappa shape index (κ1) is 13.1. The Morgan fingerprint density at radius 1 is 1.28 bits per heavy atom. The van der Waals surface area contributed by atoms with Crippen molar-refractivity contribution in [2.75, 3.05) is 6.54 Å². The molecule has 94 valence electrons. The first-order valence-electron chi connectivity index (χ1n) is 6.03. The van der Waals surface area contributed by atoms with Crippen molar-refractivity contribution in [1.29, 1.82) is 0 Å². The smallest absolute Gasteiger partial charge is 0.116 e. The highest BCUT2D eigenvalue weighted by Crippen LogP contribution is 2.29. The second kappa shape index (κ2) is 6.52. The predicted octanol–water partition coefficient (Wildman–Crippen LogP) is 3.05. The van der Waals surface area contributed by atoms with Gasteiger partial charge in [0.25, 0.3) is 0 Å². The number of hydrogen-bond donors (Lipinski definition) is 1. The van der Waals surface area contributed by atoms with E-state index in [4.69, 9.17) is 0 Å². The van der Waals surface area contributed by atoms with Crippen LogP contribution in [0.2, 0.25) is 0 Å². The monoisotopic (exact) mass is 259 g/mol. The van der Waals surface area contributed by atoms with E-state index in [1.165, 1.54) is 16.0 Å². The summed E-state index contributed by atoms with van der Waals surface area (Å²) in [6, 6.07) is 8.46. The summed E-state index contributed by atoms with van der Waals surface area (Å²) in [7, 11) is 0. The number of aromatic nitrogens is 2. The van der Waals surface area contributed by atoms with E-state index in [2.05, 4.69) is 47.3 Å². The largest absolute Gasteiger partial charge is 0.313 e. The Morgan fingerprint density at radius 3 is 2.89 bits per heavy atom. The Labute approximate surface area is 112 Å². The molecule has 4 heteroatoms. The van der Waals surface area contributed by atoms with Crippen molar-refractivity contribution in [2.45, 2.75) is 30.3 Å². The van der Waals surface area contributed by atoms with Gasteiger partial charge in [0.2, 0.25) is 0 Å². The minimum absolute atomic E-state index is 0.894. The summed E-state index contributed by atoms with van der Waals surface area (Å²) in [6.45, 7) is 6.11. The van der Waals surface area contributed by atoms with Crippen LogP contribution in [0.25, 0.3) is 0 Å². The van der Waals surface area contributed by atoms with Gasteiger partial charge >= 0.3 is 0 Å². The summed E-state index contributed by atoms with van der Waals surface area (Å²) in [5.41, 5.74) is 2.61. The van der Waals surface area contributed by atoms with Crippen LogP contribution < -0.4 is 5.32 Å². The zero-order chi connectivity index (χ0) is 12.8. The van der Waals surface area contributed by atoms with E-state index < -0.39 is 0 Å². The lowest BCUT2D eigenvalue weighted by Crippen LogP contribution is -2.12. The topological polar surface area (TPSA) is 37.8 Å². The average molecular weight is 259 g/mol. The quantitative estimate of drug-likeness (QED) is 0.838. The summed E-state index contributed by atoms with van der Waals surface area (Å²) < 4.78 is 0. The number of benzene rings is 1. The van der Waals surface area contributed by atoms with Gasteiger partial charge in [-0.1, -0.05) is 36.4 Å². The summed E-state index contributed by atoms with van der Waals surface area (Å²) in [6.07, 6.45) is 3.36. The molecule has 0 unspecified atom stereocenters. The van der Waals surface area contributed by atoms with Crippen LogP contribution >= 0.6 is 11.8 Å². The van der Waals surface area contributed by atoms with Gasteiger partial charge < -0.3 is 5.32 Å². The van der Waals surface area contributed by atoms with E-state index in [1.54, 1.807) is 24.3 Å². The van der Waals surface area contributed by atoms with Crippen LogP contribution in [0.3, 0.4) is 0 Å². The summed E-state index contributed by atoms with van der Waals surface area (Å²) in [4.78, 5) is 9.44. The molecule has 0 spiro atoms. The maximum Gasteiger partial charge on any atom is 0.116 e. The fraction of sp³-hybridized carbons (Fsp3) is 0.286. The molecule has 1 aromatic heterocycles. The molecule has 18 heavy (non-hydrogen) atoms. The highest BCUT2D eigenvalue weighted by molar-refractivity contribution is 7.99. The minimum Gasteiger partial charge on any atom is -0.313 e. The summed E-state index contributed by atoms with van der Waals surface area (Å²) in [5.74, 6) is 0. The van der Waals surface area contributed by atoms with Crippen molar-refractivity contribution >= 4 is 11.8 Å². The Balaban J connectivity index is 2.21. The van der Waals surface area contributed by atoms with Gasteiger partial charge in [-0.15, -0.1) is 0 Å². The fourth-order valence-electron chi connectivity index (χ4n) is 1.66. The third-order valence-electron chi connectivity index (χ3n) is 2.55. The summed E-state index contributed by atoms with van der Waals surface area (Å²) in [5, 5.41) is 4.35. The lowest BCUT2D eigenvalue weighted by Gasteiger charge is -2.10. The van der Waals surface area contributed by atoms with Crippen molar-refractivity contribution in [3.8, 4) is 0 Å². The van der Waals surface area contributed by atoms with Crippen molar-refractivity contribution in [3.63, 3.8) is 0 Å². The highest BCUT2D eigenvalue weighted by atomic mass is 32.2. The number of hydrogen-bond acceptors (Lipinski definition) is 4. The van der Waals surface area contributed by atoms with Crippen LogP contribution in [-0.4, -0.2) is 16.5 Å². The second-order valence-electron chi connectivity index (χ2n) is 4.04. The second-order valence-corrected chi connectivity index (χ2v) is 5.10. The Bertz CT molecular complexity index is 500. The third kappa shape index (κ3) is 3.55. The van der Waals surface area contributed by atoms with Gasteiger partial charge in [-0.3, -0.25) is 0 Å². The maximum atomic E-state index is 4.25. The number of nitrogens with one attached hydrogen (secondary N) is 1. The van der Waals surface area contributed by atoms with E-state index >= 15 is 0 Å². The molecule has 0 saturated heterocycles. The Hall–Kier alpha value is -1.39. The molecular weight excluding hydrogens is 242 g/mol. The van der Waals surface area contributed by atoms with Crippen molar-refractivity contribution in [2.24, 2.45) is 0 Å². The zero-order valence-corrected chi connectivity index (χ0v) is 11.5. The van der Waals surface area contributed by atoms with Crippen LogP contribution in [-0.2, 0) is 6.54 Å². The molecule has 1 N–H and O–H groups in total. The molecule has 1 heterocycles. The molecule has 2 aromatic rings. The van der Waals surface area contributed by atoms with Gasteiger partial charge in [0.05, 0.1) is 0 Å². The molecule has 0 aliphatic heterocycles. The molecule has 0 aliphatic rings. The van der Waals surface area contributed by atoms with Gasteiger partial charge in [-0.25, -0.2) is 9.97 Å². The third-order valence-corrected chi connectivity index (χ3v) is 3.62. The Morgan fingerprint density at radius 2 is 2.17 bits per heavy atom. The number of aryl methyl sites for hydroxylation is 1. The molecule has 3 nitrogen and oxygen atoms in total. The van der Waals surface area contributed by atoms with E-state index in [9.17, 15) is 0 Å². The van der Waals surface area contributed by atoms with Crippen molar-refractivity contribution < 1.29 is 0 Å². The predicted molar refractivity (Wildman–Crippen MR) is 74.7 cm³/mol. The van der Waals surface area contributed by atoms with Gasteiger partial charge in [0.15, 0.2) is 0 Å². The molecule has 0 atom stereocenters. The van der Waals surface area contributed by atoms with E-state index in [0.717, 1.165) is 18.1 Å². The van der Waals surface area contributed by atoms with Gasteiger partial charge in [-0.05, 0) is 31.2 Å². The van der Waals surface area contributed by atoms with Gasteiger partial charge in [0, 0.05) is 17.6 Å². The van der Waals surface area contributed by atoms with E-state index in [0.29, 0.717) is 0 Å². The van der Waals surface area contributed by atoms with Gasteiger partial charge in [0.1, 0.15) is 11.4 Å². The van der Waals surface area contributed by atoms with Crippen molar-refractivity contribution in [3.05, 3.63) is 47.9 Å².